The molecule has 0 unspecified atom stereocenters. The van der Waals surface area contributed by atoms with Crippen LogP contribution in [0.5, 0.6) is 0 Å². The summed E-state index contributed by atoms with van der Waals surface area (Å²) in [6.07, 6.45) is 0. The van der Waals surface area contributed by atoms with E-state index in [1.807, 2.05) is 0 Å². The number of carbonyl (C=O) groups excluding carboxylic acids is 1. The number of nitrogens with zero attached hydrogens (tertiary/aromatic N) is 1. The van der Waals surface area contributed by atoms with Gasteiger partial charge >= 0.3 is 0 Å². The molecular formula is C14H9BrClN3O3S. The highest BCUT2D eigenvalue weighted by atomic mass is 79.9. The van der Waals surface area contributed by atoms with Crippen LogP contribution in [0.4, 0.5) is 11.4 Å². The molecule has 0 aliphatic heterocycles. The summed E-state index contributed by atoms with van der Waals surface area (Å²) in [5.74, 6) is -0.396. The number of carbonyl (C=O) groups is 1. The summed E-state index contributed by atoms with van der Waals surface area (Å²) < 4.78 is 0.761. The number of benzene rings is 2. The molecule has 1 amide bonds. The van der Waals surface area contributed by atoms with Crippen molar-refractivity contribution in [2.75, 3.05) is 5.32 Å². The smallest absolute Gasteiger partial charge is 0.289 e. The molecule has 6 nitrogen and oxygen atoms in total. The summed E-state index contributed by atoms with van der Waals surface area (Å²) in [5, 5.41) is 16.1. The van der Waals surface area contributed by atoms with E-state index in [1.54, 1.807) is 24.3 Å². The Morgan fingerprint density at radius 2 is 2.00 bits per heavy atom. The fourth-order valence-corrected chi connectivity index (χ4v) is 2.49. The first-order valence-corrected chi connectivity index (χ1v) is 7.76. The van der Waals surface area contributed by atoms with Crippen molar-refractivity contribution in [3.05, 3.63) is 67.6 Å². The summed E-state index contributed by atoms with van der Waals surface area (Å²) in [7, 11) is 0. The fraction of sp³-hybridized carbons (Fsp3) is 0. The first-order valence-electron chi connectivity index (χ1n) is 6.18. The molecule has 23 heavy (non-hydrogen) atoms. The van der Waals surface area contributed by atoms with Crippen molar-refractivity contribution in [3.63, 3.8) is 0 Å². The van der Waals surface area contributed by atoms with Gasteiger partial charge in [0.05, 0.1) is 4.92 Å². The number of nitrogens with one attached hydrogen (secondary N) is 2. The van der Waals surface area contributed by atoms with Gasteiger partial charge in [-0.15, -0.1) is 0 Å². The standard InChI is InChI=1S/C14H9BrClN3O3S/c15-9-3-1-2-8(6-9)13(20)18-14(23)17-10-4-5-11(16)12(7-10)19(21)22/h1-7H,(H2,17,18,20,23). The second-order valence-corrected chi connectivity index (χ2v) is 6.07. The number of rotatable bonds is 3. The molecule has 0 aromatic heterocycles. The summed E-state index contributed by atoms with van der Waals surface area (Å²) in [4.78, 5) is 22.3. The first kappa shape index (κ1) is 17.3. The zero-order valence-electron chi connectivity index (χ0n) is 11.4. The third kappa shape index (κ3) is 4.72. The van der Waals surface area contributed by atoms with Crippen LogP contribution in [0.2, 0.25) is 5.02 Å². The highest BCUT2D eigenvalue weighted by Crippen LogP contribution is 2.27. The largest absolute Gasteiger partial charge is 0.332 e. The maximum Gasteiger partial charge on any atom is 0.289 e. The van der Waals surface area contributed by atoms with Crippen molar-refractivity contribution >= 4 is 62.1 Å². The SMILES string of the molecule is O=C(NC(=S)Nc1ccc(Cl)c([N+](=O)[O-])c1)c1cccc(Br)c1. The van der Waals surface area contributed by atoms with Gasteiger partial charge < -0.3 is 5.32 Å². The molecule has 0 saturated carbocycles. The number of hydrogen-bond acceptors (Lipinski definition) is 4. The summed E-state index contributed by atoms with van der Waals surface area (Å²) in [6.45, 7) is 0. The lowest BCUT2D eigenvalue weighted by Gasteiger charge is -2.10. The van der Waals surface area contributed by atoms with Gasteiger partial charge in [0.2, 0.25) is 0 Å². The van der Waals surface area contributed by atoms with Crippen LogP contribution in [0.25, 0.3) is 0 Å². The van der Waals surface area contributed by atoms with Crippen LogP contribution < -0.4 is 10.6 Å². The molecule has 2 aromatic carbocycles. The Bertz CT molecular complexity index is 801. The maximum absolute atomic E-state index is 12.0. The third-order valence-corrected chi connectivity index (χ3v) is 3.73. The summed E-state index contributed by atoms with van der Waals surface area (Å²) >= 11 is 14.0. The number of nitro groups is 1. The van der Waals surface area contributed by atoms with Crippen LogP contribution in [0.15, 0.2) is 46.9 Å². The Morgan fingerprint density at radius 1 is 1.26 bits per heavy atom. The molecule has 0 atom stereocenters. The normalized spacial score (nSPS) is 10.0. The lowest BCUT2D eigenvalue weighted by atomic mass is 10.2. The molecule has 0 fully saturated rings. The van der Waals surface area contributed by atoms with E-state index in [-0.39, 0.29) is 15.8 Å². The fourth-order valence-electron chi connectivity index (χ4n) is 1.70. The second-order valence-electron chi connectivity index (χ2n) is 4.34. The molecule has 0 heterocycles. The van der Waals surface area contributed by atoms with Crippen molar-refractivity contribution in [1.82, 2.24) is 5.32 Å². The van der Waals surface area contributed by atoms with E-state index in [9.17, 15) is 14.9 Å². The molecule has 118 valence electrons. The van der Waals surface area contributed by atoms with E-state index >= 15 is 0 Å². The minimum atomic E-state index is -0.601. The number of nitro benzene ring substituents is 1. The van der Waals surface area contributed by atoms with Crippen molar-refractivity contribution < 1.29 is 9.72 Å². The van der Waals surface area contributed by atoms with E-state index in [1.165, 1.54) is 18.2 Å². The van der Waals surface area contributed by atoms with Gasteiger partial charge in [0, 0.05) is 21.8 Å². The van der Waals surface area contributed by atoms with Crippen LogP contribution in [-0.2, 0) is 0 Å². The zero-order valence-corrected chi connectivity index (χ0v) is 14.5. The second kappa shape index (κ2) is 7.49. The first-order chi connectivity index (χ1) is 10.9. The van der Waals surface area contributed by atoms with E-state index in [0.29, 0.717) is 11.3 Å². The van der Waals surface area contributed by atoms with Crippen LogP contribution in [0.1, 0.15) is 10.4 Å². The zero-order chi connectivity index (χ0) is 17.0. The molecule has 0 aliphatic rings. The molecule has 0 saturated heterocycles. The van der Waals surface area contributed by atoms with Crippen molar-refractivity contribution in [2.24, 2.45) is 0 Å². The highest BCUT2D eigenvalue weighted by Gasteiger charge is 2.14. The van der Waals surface area contributed by atoms with Gasteiger partial charge in [-0.1, -0.05) is 33.6 Å². The molecule has 2 rings (SSSR count). The Balaban J connectivity index is 2.06. The van der Waals surface area contributed by atoms with Gasteiger partial charge in [-0.2, -0.15) is 0 Å². The van der Waals surface area contributed by atoms with Gasteiger partial charge in [-0.3, -0.25) is 20.2 Å². The van der Waals surface area contributed by atoms with Gasteiger partial charge in [0.15, 0.2) is 5.11 Å². The van der Waals surface area contributed by atoms with E-state index < -0.39 is 10.8 Å². The molecule has 0 bridgehead atoms. The number of thiocarbonyl (C=S) groups is 1. The lowest BCUT2D eigenvalue weighted by Crippen LogP contribution is -2.34. The Hall–Kier alpha value is -2.03. The minimum absolute atomic E-state index is 0.0182. The Labute approximate surface area is 150 Å². The number of amides is 1. The summed E-state index contributed by atoms with van der Waals surface area (Å²) in [5.41, 5.74) is 0.518. The van der Waals surface area contributed by atoms with Crippen LogP contribution in [0, 0.1) is 10.1 Å². The van der Waals surface area contributed by atoms with Gasteiger partial charge in [0.1, 0.15) is 5.02 Å². The monoisotopic (exact) mass is 413 g/mol. The van der Waals surface area contributed by atoms with Gasteiger partial charge in [-0.25, -0.2) is 0 Å². The topological polar surface area (TPSA) is 84.3 Å². The van der Waals surface area contributed by atoms with Crippen LogP contribution in [0.3, 0.4) is 0 Å². The molecule has 2 N–H and O–H groups in total. The predicted molar refractivity (Wildman–Crippen MR) is 95.9 cm³/mol. The molecule has 0 radical (unpaired) electrons. The highest BCUT2D eigenvalue weighted by molar-refractivity contribution is 9.10. The van der Waals surface area contributed by atoms with E-state index in [0.717, 1.165) is 4.47 Å². The van der Waals surface area contributed by atoms with Gasteiger partial charge in [0.25, 0.3) is 11.6 Å². The number of anilines is 1. The maximum atomic E-state index is 12.0. The number of halogens is 2. The van der Waals surface area contributed by atoms with E-state index in [2.05, 4.69) is 26.6 Å². The molecule has 0 aliphatic carbocycles. The third-order valence-electron chi connectivity index (χ3n) is 2.71. The molecule has 0 spiro atoms. The minimum Gasteiger partial charge on any atom is -0.332 e. The average molecular weight is 415 g/mol. The Morgan fingerprint density at radius 3 is 2.65 bits per heavy atom. The molecular weight excluding hydrogens is 406 g/mol. The van der Waals surface area contributed by atoms with Crippen LogP contribution in [-0.4, -0.2) is 15.9 Å². The van der Waals surface area contributed by atoms with Crippen molar-refractivity contribution in [1.29, 1.82) is 0 Å². The average Bonchev–Trinajstić information content (AvgIpc) is 2.48. The van der Waals surface area contributed by atoms with Crippen LogP contribution >= 0.6 is 39.7 Å². The summed E-state index contributed by atoms with van der Waals surface area (Å²) in [6, 6.07) is 10.9. The molecule has 2 aromatic rings. The molecule has 9 heteroatoms. The predicted octanol–water partition coefficient (Wildman–Crippen LogP) is 4.14. The quantitative estimate of drug-likeness (QED) is 0.448. The van der Waals surface area contributed by atoms with Gasteiger partial charge in [-0.05, 0) is 42.5 Å². The Kier molecular flexibility index (Phi) is 5.64. The lowest BCUT2D eigenvalue weighted by molar-refractivity contribution is -0.384. The number of hydrogen-bond donors (Lipinski definition) is 2. The van der Waals surface area contributed by atoms with E-state index in [4.69, 9.17) is 23.8 Å². The van der Waals surface area contributed by atoms with Crippen molar-refractivity contribution in [2.45, 2.75) is 0 Å². The van der Waals surface area contributed by atoms with Crippen molar-refractivity contribution in [3.8, 4) is 0 Å².